The Balaban J connectivity index is 3.17. The number of carboxylic acids is 1. The molecule has 0 radical (unpaired) electrons. The van der Waals surface area contributed by atoms with Crippen molar-refractivity contribution in [2.75, 3.05) is 0 Å². The molecule has 0 aromatic carbocycles. The van der Waals surface area contributed by atoms with Crippen LogP contribution in [0.1, 0.15) is 97.8 Å². The van der Waals surface area contributed by atoms with Gasteiger partial charge in [-0.15, -0.1) is 0 Å². The molecule has 0 aliphatic rings. The Hall–Kier alpha value is -0.530. The zero-order valence-electron chi connectivity index (χ0n) is 14.0. The molecule has 0 spiro atoms. The summed E-state index contributed by atoms with van der Waals surface area (Å²) in [7, 11) is 0. The first-order valence-electron chi connectivity index (χ1n) is 8.74. The first-order valence-corrected chi connectivity index (χ1v) is 8.74. The fourth-order valence-corrected chi connectivity index (χ4v) is 2.67. The zero-order valence-corrected chi connectivity index (χ0v) is 14.0. The van der Waals surface area contributed by atoms with Gasteiger partial charge in [0.15, 0.2) is 0 Å². The van der Waals surface area contributed by atoms with Crippen LogP contribution in [0.5, 0.6) is 0 Å². The van der Waals surface area contributed by atoms with Gasteiger partial charge in [-0.05, 0) is 18.3 Å². The Morgan fingerprint density at radius 1 is 0.750 bits per heavy atom. The van der Waals surface area contributed by atoms with Gasteiger partial charge in [0.1, 0.15) is 0 Å². The Morgan fingerprint density at radius 2 is 1.25 bits per heavy atom. The van der Waals surface area contributed by atoms with Gasteiger partial charge in [0.2, 0.25) is 0 Å². The molecular formula is C18H36O2. The summed E-state index contributed by atoms with van der Waals surface area (Å²) in [6, 6.07) is 0. The van der Waals surface area contributed by atoms with Gasteiger partial charge in [0.05, 0.1) is 0 Å². The van der Waals surface area contributed by atoms with Crippen LogP contribution in [0.25, 0.3) is 0 Å². The number of rotatable bonds is 14. The van der Waals surface area contributed by atoms with Crippen molar-refractivity contribution in [1.82, 2.24) is 0 Å². The SMILES string of the molecule is CC(C)CCCC(C)CCCCCCCCCC(=O)O. The van der Waals surface area contributed by atoms with Crippen molar-refractivity contribution in [1.29, 1.82) is 0 Å². The van der Waals surface area contributed by atoms with Crippen LogP contribution in [0.2, 0.25) is 0 Å². The van der Waals surface area contributed by atoms with Gasteiger partial charge in [-0.1, -0.05) is 85.0 Å². The third kappa shape index (κ3) is 15.5. The number of unbranched alkanes of at least 4 members (excludes halogenated alkanes) is 6. The molecule has 2 heteroatoms. The molecule has 0 aliphatic carbocycles. The van der Waals surface area contributed by atoms with Crippen LogP contribution < -0.4 is 0 Å². The van der Waals surface area contributed by atoms with Crippen molar-refractivity contribution in [3.63, 3.8) is 0 Å². The fourth-order valence-electron chi connectivity index (χ4n) is 2.67. The van der Waals surface area contributed by atoms with Crippen LogP contribution in [-0.4, -0.2) is 11.1 Å². The summed E-state index contributed by atoms with van der Waals surface area (Å²) in [5.74, 6) is 1.09. The van der Waals surface area contributed by atoms with E-state index in [-0.39, 0.29) is 0 Å². The summed E-state index contributed by atoms with van der Waals surface area (Å²) in [5.41, 5.74) is 0. The number of carbonyl (C=O) groups is 1. The average molecular weight is 284 g/mol. The number of carboxylic acid groups (broad SMARTS) is 1. The summed E-state index contributed by atoms with van der Waals surface area (Å²) in [6.07, 6.45) is 14.4. The van der Waals surface area contributed by atoms with Gasteiger partial charge >= 0.3 is 5.97 Å². The molecule has 0 saturated carbocycles. The first-order chi connectivity index (χ1) is 9.52. The minimum absolute atomic E-state index is 0.341. The van der Waals surface area contributed by atoms with Gasteiger partial charge in [0.25, 0.3) is 0 Å². The Morgan fingerprint density at radius 3 is 1.80 bits per heavy atom. The van der Waals surface area contributed by atoms with Crippen molar-refractivity contribution in [3.05, 3.63) is 0 Å². The van der Waals surface area contributed by atoms with Gasteiger partial charge in [0, 0.05) is 6.42 Å². The number of aliphatic carboxylic acids is 1. The predicted octanol–water partition coefficient (Wildman–Crippen LogP) is 6.04. The topological polar surface area (TPSA) is 37.3 Å². The second kappa shape index (κ2) is 13.5. The molecule has 120 valence electrons. The molecule has 0 amide bonds. The van der Waals surface area contributed by atoms with Gasteiger partial charge < -0.3 is 5.11 Å². The molecule has 0 aliphatic heterocycles. The predicted molar refractivity (Wildman–Crippen MR) is 87.0 cm³/mol. The monoisotopic (exact) mass is 284 g/mol. The average Bonchev–Trinajstić information content (AvgIpc) is 2.36. The highest BCUT2D eigenvalue weighted by Gasteiger charge is 2.03. The smallest absolute Gasteiger partial charge is 0.303 e. The van der Waals surface area contributed by atoms with Crippen molar-refractivity contribution in [3.8, 4) is 0 Å². The second-order valence-electron chi connectivity index (χ2n) is 6.84. The maximum atomic E-state index is 10.3. The van der Waals surface area contributed by atoms with E-state index in [4.69, 9.17) is 5.11 Å². The molecule has 1 unspecified atom stereocenters. The number of hydrogen-bond acceptors (Lipinski definition) is 1. The maximum absolute atomic E-state index is 10.3. The van der Waals surface area contributed by atoms with Crippen LogP contribution in [0.3, 0.4) is 0 Å². The van der Waals surface area contributed by atoms with Crippen LogP contribution in [0, 0.1) is 11.8 Å². The normalized spacial score (nSPS) is 12.8. The van der Waals surface area contributed by atoms with Crippen molar-refractivity contribution >= 4 is 5.97 Å². The van der Waals surface area contributed by atoms with E-state index >= 15 is 0 Å². The van der Waals surface area contributed by atoms with Gasteiger partial charge in [-0.3, -0.25) is 4.79 Å². The minimum atomic E-state index is -0.656. The molecule has 1 N–H and O–H groups in total. The highest BCUT2D eigenvalue weighted by Crippen LogP contribution is 2.18. The van der Waals surface area contributed by atoms with E-state index < -0.39 is 5.97 Å². The van der Waals surface area contributed by atoms with E-state index in [0.717, 1.165) is 24.7 Å². The highest BCUT2D eigenvalue weighted by atomic mass is 16.4. The van der Waals surface area contributed by atoms with Crippen LogP contribution in [0.4, 0.5) is 0 Å². The van der Waals surface area contributed by atoms with Crippen molar-refractivity contribution in [2.24, 2.45) is 11.8 Å². The third-order valence-electron chi connectivity index (χ3n) is 4.07. The zero-order chi connectivity index (χ0) is 15.2. The molecule has 0 rings (SSSR count). The highest BCUT2D eigenvalue weighted by molar-refractivity contribution is 5.66. The van der Waals surface area contributed by atoms with E-state index in [9.17, 15) is 4.79 Å². The van der Waals surface area contributed by atoms with E-state index in [1.165, 1.54) is 57.8 Å². The first kappa shape index (κ1) is 19.5. The van der Waals surface area contributed by atoms with Gasteiger partial charge in [-0.2, -0.15) is 0 Å². The molecule has 20 heavy (non-hydrogen) atoms. The Kier molecular flexibility index (Phi) is 13.1. The lowest BCUT2D eigenvalue weighted by Gasteiger charge is -2.12. The summed E-state index contributed by atoms with van der Waals surface area (Å²) in [5, 5.41) is 8.53. The van der Waals surface area contributed by atoms with E-state index in [0.29, 0.717) is 6.42 Å². The fraction of sp³-hybridized carbons (Fsp3) is 0.944. The summed E-state index contributed by atoms with van der Waals surface area (Å²) in [4.78, 5) is 10.3. The summed E-state index contributed by atoms with van der Waals surface area (Å²) in [6.45, 7) is 7.01. The largest absolute Gasteiger partial charge is 0.481 e. The minimum Gasteiger partial charge on any atom is -0.481 e. The molecule has 0 bridgehead atoms. The standard InChI is InChI=1S/C18H36O2/c1-16(2)12-11-14-17(3)13-9-7-5-4-6-8-10-15-18(19)20/h16-17H,4-15H2,1-3H3,(H,19,20). The molecular weight excluding hydrogens is 248 g/mol. The molecule has 1 atom stereocenters. The molecule has 0 heterocycles. The van der Waals surface area contributed by atoms with Crippen LogP contribution in [0.15, 0.2) is 0 Å². The number of hydrogen-bond donors (Lipinski definition) is 1. The Bertz CT molecular complexity index is 223. The maximum Gasteiger partial charge on any atom is 0.303 e. The molecule has 0 saturated heterocycles. The summed E-state index contributed by atoms with van der Waals surface area (Å²) < 4.78 is 0. The van der Waals surface area contributed by atoms with Crippen LogP contribution >= 0.6 is 0 Å². The van der Waals surface area contributed by atoms with Crippen molar-refractivity contribution < 1.29 is 9.90 Å². The Labute approximate surface area is 126 Å². The van der Waals surface area contributed by atoms with Crippen LogP contribution in [-0.2, 0) is 4.79 Å². The van der Waals surface area contributed by atoms with E-state index in [1.807, 2.05) is 0 Å². The third-order valence-corrected chi connectivity index (χ3v) is 4.07. The second-order valence-corrected chi connectivity index (χ2v) is 6.84. The molecule has 0 aromatic heterocycles. The molecule has 2 nitrogen and oxygen atoms in total. The lowest BCUT2D eigenvalue weighted by Crippen LogP contribution is -1.97. The van der Waals surface area contributed by atoms with Crippen molar-refractivity contribution in [2.45, 2.75) is 97.8 Å². The van der Waals surface area contributed by atoms with E-state index in [1.54, 1.807) is 0 Å². The van der Waals surface area contributed by atoms with Gasteiger partial charge in [-0.25, -0.2) is 0 Å². The molecule has 0 aromatic rings. The summed E-state index contributed by atoms with van der Waals surface area (Å²) >= 11 is 0. The quantitative estimate of drug-likeness (QED) is 0.394. The van der Waals surface area contributed by atoms with E-state index in [2.05, 4.69) is 20.8 Å². The molecule has 0 fully saturated rings. The lowest BCUT2D eigenvalue weighted by molar-refractivity contribution is -0.137. The lowest BCUT2D eigenvalue weighted by atomic mass is 9.95.